The largest absolute Gasteiger partial charge is 0.491 e. The van der Waals surface area contributed by atoms with Gasteiger partial charge in [-0.3, -0.25) is 4.90 Å². The number of hydrogen-bond donors (Lipinski definition) is 3. The van der Waals surface area contributed by atoms with E-state index in [9.17, 15) is 18.3 Å². The summed E-state index contributed by atoms with van der Waals surface area (Å²) in [5.74, 6) is 1.03. The second-order valence-electron chi connectivity index (χ2n) is 8.11. The molecule has 30 heavy (non-hydrogen) atoms. The third-order valence-electron chi connectivity index (χ3n) is 5.63. The summed E-state index contributed by atoms with van der Waals surface area (Å²) in [6, 6.07) is 8.16. The van der Waals surface area contributed by atoms with E-state index >= 15 is 0 Å². The molecule has 0 aliphatic carbocycles. The van der Waals surface area contributed by atoms with Gasteiger partial charge in [-0.2, -0.15) is 13.2 Å². The molecule has 5 rings (SSSR count). The van der Waals surface area contributed by atoms with Crippen molar-refractivity contribution in [3.8, 4) is 5.75 Å². The first-order valence-corrected chi connectivity index (χ1v) is 9.57. The van der Waals surface area contributed by atoms with Gasteiger partial charge in [0, 0.05) is 18.7 Å². The number of H-pyrrole nitrogens is 1. The fourth-order valence-electron chi connectivity index (χ4n) is 4.26. The summed E-state index contributed by atoms with van der Waals surface area (Å²) < 4.78 is 45.4. The lowest BCUT2D eigenvalue weighted by Gasteiger charge is -2.51. The smallest absolute Gasteiger partial charge is 0.431 e. The van der Waals surface area contributed by atoms with Crippen LogP contribution >= 0.6 is 0 Å². The Bertz CT molecular complexity index is 1090. The van der Waals surface area contributed by atoms with Crippen LogP contribution in [0.2, 0.25) is 0 Å². The Labute approximate surface area is 169 Å². The van der Waals surface area contributed by atoms with Crippen molar-refractivity contribution >= 4 is 16.9 Å². The van der Waals surface area contributed by atoms with Gasteiger partial charge in [-0.05, 0) is 19.1 Å². The molecule has 1 saturated heterocycles. The molecule has 158 valence electrons. The summed E-state index contributed by atoms with van der Waals surface area (Å²) in [6.07, 6.45) is -3.27. The highest BCUT2D eigenvalue weighted by molar-refractivity contribution is 5.88. The van der Waals surface area contributed by atoms with E-state index in [1.165, 1.54) is 6.33 Å². The van der Waals surface area contributed by atoms with Crippen molar-refractivity contribution in [3.63, 3.8) is 0 Å². The van der Waals surface area contributed by atoms with Crippen LogP contribution in [-0.4, -0.2) is 56.3 Å². The van der Waals surface area contributed by atoms with Crippen LogP contribution in [0.3, 0.4) is 0 Å². The number of nitrogens with one attached hydrogen (secondary N) is 2. The third-order valence-corrected chi connectivity index (χ3v) is 5.63. The van der Waals surface area contributed by atoms with Gasteiger partial charge in [0.2, 0.25) is 0 Å². The lowest BCUT2D eigenvalue weighted by Crippen LogP contribution is -2.66. The number of β-amino-alcohol motifs (C(OH)–C–C–N with tert-alkyl or cyclic N) is 1. The van der Waals surface area contributed by atoms with E-state index in [0.717, 1.165) is 11.6 Å². The number of aromatic amines is 1. The minimum absolute atomic E-state index is 0.114. The van der Waals surface area contributed by atoms with Crippen LogP contribution in [-0.2, 0) is 6.18 Å². The fraction of sp³-hybridized carbons (Fsp3) is 0.400. The number of para-hydroxylation sites is 1. The third kappa shape index (κ3) is 3.25. The Morgan fingerprint density at radius 1 is 1.27 bits per heavy atom. The molecule has 3 N–H and O–H groups in total. The predicted octanol–water partition coefficient (Wildman–Crippen LogP) is 2.96. The van der Waals surface area contributed by atoms with Crippen LogP contribution in [0.5, 0.6) is 5.75 Å². The standard InChI is InChI=1S/C20H20F3N5O2/c1-19(29)8-28(9-19)13-7-30-14-5-3-2-4-11(14)16(13)27-18-12-6-15(20(21,22)23)26-17(12)24-10-25-18/h2-6,10,13,16,29H,7-9H2,1H3,(H2,24,25,26,27). The fourth-order valence-corrected chi connectivity index (χ4v) is 4.26. The van der Waals surface area contributed by atoms with Gasteiger partial charge in [-0.15, -0.1) is 0 Å². The monoisotopic (exact) mass is 419 g/mol. The molecule has 2 aliphatic rings. The number of ether oxygens (including phenoxy) is 1. The zero-order chi connectivity index (χ0) is 21.1. The molecule has 0 radical (unpaired) electrons. The Balaban J connectivity index is 1.53. The Morgan fingerprint density at radius 2 is 2.03 bits per heavy atom. The molecule has 2 aromatic heterocycles. The van der Waals surface area contributed by atoms with Gasteiger partial charge in [0.05, 0.1) is 23.1 Å². The summed E-state index contributed by atoms with van der Waals surface area (Å²) in [6.45, 7) is 3.14. The number of hydrogen-bond acceptors (Lipinski definition) is 6. The Kier molecular flexibility index (Phi) is 4.19. The van der Waals surface area contributed by atoms with Gasteiger partial charge in [0.25, 0.3) is 0 Å². The molecule has 3 aromatic rings. The molecular formula is C20H20F3N5O2. The van der Waals surface area contributed by atoms with E-state index in [1.807, 2.05) is 24.3 Å². The summed E-state index contributed by atoms with van der Waals surface area (Å²) in [4.78, 5) is 12.6. The molecule has 7 nitrogen and oxygen atoms in total. The van der Waals surface area contributed by atoms with Crippen LogP contribution in [0.4, 0.5) is 19.0 Å². The van der Waals surface area contributed by atoms with Crippen molar-refractivity contribution in [1.29, 1.82) is 0 Å². The number of nitrogens with zero attached hydrogens (tertiary/aromatic N) is 3. The lowest BCUT2D eigenvalue weighted by atomic mass is 9.88. The number of aromatic nitrogens is 3. The molecule has 1 aromatic carbocycles. The SMILES string of the molecule is CC1(O)CN(C2COc3ccccc3C2Nc2ncnc3[nH]c(C(F)(F)F)cc23)C1. The molecule has 0 bridgehead atoms. The highest BCUT2D eigenvalue weighted by Gasteiger charge is 2.45. The normalized spacial score (nSPS) is 23.5. The molecule has 2 atom stereocenters. The first-order chi connectivity index (χ1) is 14.2. The molecule has 1 fully saturated rings. The van der Waals surface area contributed by atoms with Crippen LogP contribution < -0.4 is 10.1 Å². The minimum Gasteiger partial charge on any atom is -0.491 e. The maximum Gasteiger partial charge on any atom is 0.431 e. The molecular weight excluding hydrogens is 399 g/mol. The molecule has 2 aliphatic heterocycles. The number of anilines is 1. The number of halogens is 3. The van der Waals surface area contributed by atoms with E-state index < -0.39 is 17.5 Å². The van der Waals surface area contributed by atoms with Crippen molar-refractivity contribution in [3.05, 3.63) is 47.9 Å². The van der Waals surface area contributed by atoms with Gasteiger partial charge in [0.1, 0.15) is 35.8 Å². The zero-order valence-corrected chi connectivity index (χ0v) is 16.1. The summed E-state index contributed by atoms with van der Waals surface area (Å²) in [7, 11) is 0. The quantitative estimate of drug-likeness (QED) is 0.605. The average molecular weight is 419 g/mol. The van der Waals surface area contributed by atoms with Crippen LogP contribution in [0.1, 0.15) is 24.2 Å². The van der Waals surface area contributed by atoms with E-state index in [1.54, 1.807) is 6.92 Å². The molecule has 4 heterocycles. The lowest BCUT2D eigenvalue weighted by molar-refractivity contribution is -0.140. The van der Waals surface area contributed by atoms with Crippen molar-refractivity contribution < 1.29 is 23.0 Å². The van der Waals surface area contributed by atoms with E-state index in [-0.39, 0.29) is 23.1 Å². The maximum atomic E-state index is 13.2. The first kappa shape index (κ1) is 19.1. The molecule has 0 saturated carbocycles. The van der Waals surface area contributed by atoms with Gasteiger partial charge >= 0.3 is 6.18 Å². The van der Waals surface area contributed by atoms with Gasteiger partial charge in [-0.25, -0.2) is 9.97 Å². The topological polar surface area (TPSA) is 86.3 Å². The Morgan fingerprint density at radius 3 is 2.77 bits per heavy atom. The highest BCUT2D eigenvalue weighted by atomic mass is 19.4. The predicted molar refractivity (Wildman–Crippen MR) is 103 cm³/mol. The van der Waals surface area contributed by atoms with Crippen molar-refractivity contribution in [2.45, 2.75) is 30.8 Å². The van der Waals surface area contributed by atoms with E-state index in [2.05, 4.69) is 25.2 Å². The second-order valence-corrected chi connectivity index (χ2v) is 8.11. The Hall–Kier alpha value is -2.85. The van der Waals surface area contributed by atoms with Crippen molar-refractivity contribution in [1.82, 2.24) is 19.9 Å². The summed E-state index contributed by atoms with van der Waals surface area (Å²) >= 11 is 0. The van der Waals surface area contributed by atoms with Crippen LogP contribution in [0.25, 0.3) is 11.0 Å². The highest BCUT2D eigenvalue weighted by Crippen LogP contribution is 2.40. The summed E-state index contributed by atoms with van der Waals surface area (Å²) in [5.41, 5.74) is -0.627. The van der Waals surface area contributed by atoms with Crippen LogP contribution in [0, 0.1) is 0 Å². The summed E-state index contributed by atoms with van der Waals surface area (Å²) in [5, 5.41) is 13.8. The zero-order valence-electron chi connectivity index (χ0n) is 16.1. The van der Waals surface area contributed by atoms with Crippen LogP contribution in [0.15, 0.2) is 36.7 Å². The molecule has 0 spiro atoms. The van der Waals surface area contributed by atoms with E-state index in [4.69, 9.17) is 4.74 Å². The second kappa shape index (κ2) is 6.58. The van der Waals surface area contributed by atoms with Crippen molar-refractivity contribution in [2.24, 2.45) is 0 Å². The van der Waals surface area contributed by atoms with Gasteiger partial charge in [-0.1, -0.05) is 18.2 Å². The van der Waals surface area contributed by atoms with E-state index in [0.29, 0.717) is 31.3 Å². The number of aliphatic hydroxyl groups is 1. The molecule has 0 amide bonds. The molecule has 2 unspecified atom stereocenters. The number of benzene rings is 1. The maximum absolute atomic E-state index is 13.2. The average Bonchev–Trinajstić information content (AvgIpc) is 3.12. The van der Waals surface area contributed by atoms with Gasteiger partial charge in [0.15, 0.2) is 0 Å². The first-order valence-electron chi connectivity index (χ1n) is 9.57. The number of fused-ring (bicyclic) bond motifs is 2. The minimum atomic E-state index is -4.50. The number of alkyl halides is 3. The number of rotatable bonds is 3. The number of likely N-dealkylation sites (tertiary alicyclic amines) is 1. The molecule has 10 heteroatoms. The van der Waals surface area contributed by atoms with Gasteiger partial charge < -0.3 is 20.1 Å². The van der Waals surface area contributed by atoms with Crippen molar-refractivity contribution in [2.75, 3.05) is 25.0 Å².